The lowest BCUT2D eigenvalue weighted by molar-refractivity contribution is 0.127. The molecule has 1 aliphatic heterocycles. The van der Waals surface area contributed by atoms with E-state index in [9.17, 15) is 9.59 Å². The van der Waals surface area contributed by atoms with Gasteiger partial charge in [-0.1, -0.05) is 12.1 Å². The molecule has 162 valence electrons. The predicted octanol–water partition coefficient (Wildman–Crippen LogP) is 2.67. The molecular weight excluding hydrogens is 410 g/mol. The number of nitriles is 1. The zero-order valence-electron chi connectivity index (χ0n) is 17.2. The van der Waals surface area contributed by atoms with Gasteiger partial charge in [-0.3, -0.25) is 15.1 Å². The number of nitrogens with one attached hydrogen (secondary N) is 1. The van der Waals surface area contributed by atoms with E-state index in [2.05, 4.69) is 15.4 Å². The fourth-order valence-electron chi connectivity index (χ4n) is 3.34. The number of rotatable bonds is 6. The van der Waals surface area contributed by atoms with Crippen LogP contribution in [0, 0.1) is 17.2 Å². The number of anilines is 1. The third-order valence-electron chi connectivity index (χ3n) is 5.02. The largest absolute Gasteiger partial charge is 0.449 e. The Kier molecular flexibility index (Phi) is 6.53. The number of pyridine rings is 1. The highest BCUT2D eigenvalue weighted by atomic mass is 16.6. The zero-order chi connectivity index (χ0) is 22.3. The summed E-state index contributed by atoms with van der Waals surface area (Å²) in [7, 11) is 0. The molecule has 0 aliphatic carbocycles. The molecular formula is C23H21N5O4. The van der Waals surface area contributed by atoms with Crippen LogP contribution in [0.25, 0.3) is 5.69 Å². The SMILES string of the molecule is N#Cc1cncc(-n2ccc(=O)c(Cc3cccc(NC(=O)OCC4CCOC4)c3)n2)c1. The lowest BCUT2D eigenvalue weighted by atomic mass is 10.1. The summed E-state index contributed by atoms with van der Waals surface area (Å²) in [5, 5.41) is 16.2. The standard InChI is InChI=1S/C23H21N5O4/c24-11-18-9-20(13-25-12-18)28-6-4-22(29)21(27-28)10-16-2-1-3-19(8-16)26-23(30)32-15-17-5-7-31-14-17/h1-4,6,8-9,12-13,17H,5,7,10,14-15H2,(H,26,30). The number of carbonyl (C=O) groups is 1. The zero-order valence-corrected chi connectivity index (χ0v) is 17.2. The molecule has 1 amide bonds. The molecule has 32 heavy (non-hydrogen) atoms. The van der Waals surface area contributed by atoms with Crippen LogP contribution in [0.5, 0.6) is 0 Å². The van der Waals surface area contributed by atoms with Crippen LogP contribution >= 0.6 is 0 Å². The summed E-state index contributed by atoms with van der Waals surface area (Å²) in [5.74, 6) is 0.238. The maximum absolute atomic E-state index is 12.4. The second-order valence-corrected chi connectivity index (χ2v) is 7.45. The van der Waals surface area contributed by atoms with Crippen molar-refractivity contribution in [2.75, 3.05) is 25.1 Å². The van der Waals surface area contributed by atoms with Crippen molar-refractivity contribution in [2.24, 2.45) is 5.92 Å². The van der Waals surface area contributed by atoms with Gasteiger partial charge in [-0.05, 0) is 30.2 Å². The number of amides is 1. The van der Waals surface area contributed by atoms with E-state index < -0.39 is 6.09 Å². The van der Waals surface area contributed by atoms with Crippen LogP contribution in [0.2, 0.25) is 0 Å². The first kappa shape index (κ1) is 21.2. The first-order valence-corrected chi connectivity index (χ1v) is 10.2. The number of benzene rings is 1. The summed E-state index contributed by atoms with van der Waals surface area (Å²) in [4.78, 5) is 28.5. The summed E-state index contributed by atoms with van der Waals surface area (Å²) in [6.45, 7) is 1.63. The molecule has 0 saturated carbocycles. The van der Waals surface area contributed by atoms with Crippen LogP contribution in [0.15, 0.2) is 59.8 Å². The van der Waals surface area contributed by atoms with Gasteiger partial charge in [0.2, 0.25) is 5.43 Å². The quantitative estimate of drug-likeness (QED) is 0.637. The molecule has 0 radical (unpaired) electrons. The molecule has 1 saturated heterocycles. The highest BCUT2D eigenvalue weighted by Gasteiger charge is 2.17. The van der Waals surface area contributed by atoms with Gasteiger partial charge in [0.15, 0.2) is 0 Å². The second-order valence-electron chi connectivity index (χ2n) is 7.45. The Morgan fingerprint density at radius 1 is 1.31 bits per heavy atom. The molecule has 1 aliphatic rings. The average molecular weight is 431 g/mol. The third-order valence-corrected chi connectivity index (χ3v) is 5.02. The first-order chi connectivity index (χ1) is 15.6. The molecule has 3 aromatic rings. The van der Waals surface area contributed by atoms with Crippen molar-refractivity contribution in [2.45, 2.75) is 12.8 Å². The van der Waals surface area contributed by atoms with Gasteiger partial charge < -0.3 is 9.47 Å². The van der Waals surface area contributed by atoms with Crippen molar-refractivity contribution in [3.05, 3.63) is 82.0 Å². The molecule has 3 heterocycles. The molecule has 1 aromatic carbocycles. The molecule has 1 N–H and O–H groups in total. The molecule has 9 nitrogen and oxygen atoms in total. The summed E-state index contributed by atoms with van der Waals surface area (Å²) in [6, 6.07) is 12.3. The molecule has 0 spiro atoms. The van der Waals surface area contributed by atoms with Crippen molar-refractivity contribution in [3.63, 3.8) is 0 Å². The summed E-state index contributed by atoms with van der Waals surface area (Å²) in [5.41, 5.74) is 2.47. The highest BCUT2D eigenvalue weighted by molar-refractivity contribution is 5.84. The number of hydrogen-bond acceptors (Lipinski definition) is 7. The van der Waals surface area contributed by atoms with Crippen molar-refractivity contribution in [1.82, 2.24) is 14.8 Å². The molecule has 1 fully saturated rings. The van der Waals surface area contributed by atoms with E-state index in [1.54, 1.807) is 30.5 Å². The van der Waals surface area contributed by atoms with E-state index in [4.69, 9.17) is 14.7 Å². The minimum absolute atomic E-state index is 0.206. The third kappa shape index (κ3) is 5.36. The van der Waals surface area contributed by atoms with Gasteiger partial charge in [0.1, 0.15) is 11.8 Å². The lowest BCUT2D eigenvalue weighted by Gasteiger charge is -2.11. The Morgan fingerprint density at radius 2 is 2.22 bits per heavy atom. The summed E-state index contributed by atoms with van der Waals surface area (Å²) < 4.78 is 12.1. The number of hydrogen-bond donors (Lipinski definition) is 1. The predicted molar refractivity (Wildman–Crippen MR) is 115 cm³/mol. The Morgan fingerprint density at radius 3 is 3.03 bits per heavy atom. The molecule has 0 bridgehead atoms. The van der Waals surface area contributed by atoms with Gasteiger partial charge in [-0.25, -0.2) is 9.48 Å². The Labute approximate surface area is 184 Å². The molecule has 9 heteroatoms. The van der Waals surface area contributed by atoms with E-state index in [1.807, 2.05) is 12.1 Å². The van der Waals surface area contributed by atoms with Crippen molar-refractivity contribution in [3.8, 4) is 11.8 Å². The van der Waals surface area contributed by atoms with Gasteiger partial charge >= 0.3 is 6.09 Å². The minimum atomic E-state index is -0.529. The highest BCUT2D eigenvalue weighted by Crippen LogP contribution is 2.15. The van der Waals surface area contributed by atoms with E-state index in [0.717, 1.165) is 12.0 Å². The maximum atomic E-state index is 12.4. The van der Waals surface area contributed by atoms with E-state index in [-0.39, 0.29) is 17.8 Å². The van der Waals surface area contributed by atoms with Gasteiger partial charge in [0.05, 0.1) is 30.7 Å². The van der Waals surface area contributed by atoms with Gasteiger partial charge in [-0.15, -0.1) is 0 Å². The number of aromatic nitrogens is 3. The van der Waals surface area contributed by atoms with Crippen LogP contribution in [0.1, 0.15) is 23.2 Å². The monoisotopic (exact) mass is 431 g/mol. The summed E-state index contributed by atoms with van der Waals surface area (Å²) >= 11 is 0. The van der Waals surface area contributed by atoms with Crippen molar-refractivity contribution < 1.29 is 14.3 Å². The van der Waals surface area contributed by atoms with Crippen LogP contribution in [-0.2, 0) is 15.9 Å². The minimum Gasteiger partial charge on any atom is -0.449 e. The van der Waals surface area contributed by atoms with E-state index >= 15 is 0 Å². The molecule has 1 unspecified atom stereocenters. The van der Waals surface area contributed by atoms with Gasteiger partial charge in [0, 0.05) is 43.1 Å². The maximum Gasteiger partial charge on any atom is 0.411 e. The second kappa shape index (κ2) is 9.85. The van der Waals surface area contributed by atoms with Gasteiger partial charge in [0.25, 0.3) is 0 Å². The Hall–Kier alpha value is -4.03. The fraction of sp³-hybridized carbons (Fsp3) is 0.261. The van der Waals surface area contributed by atoms with Gasteiger partial charge in [-0.2, -0.15) is 10.4 Å². The van der Waals surface area contributed by atoms with E-state index in [0.29, 0.717) is 42.5 Å². The number of carbonyl (C=O) groups excluding carboxylic acids is 1. The van der Waals surface area contributed by atoms with Crippen molar-refractivity contribution in [1.29, 1.82) is 5.26 Å². The van der Waals surface area contributed by atoms with Crippen molar-refractivity contribution >= 4 is 11.8 Å². The van der Waals surface area contributed by atoms with E-state index in [1.165, 1.54) is 23.1 Å². The van der Waals surface area contributed by atoms with Crippen LogP contribution in [0.4, 0.5) is 10.5 Å². The smallest absolute Gasteiger partial charge is 0.411 e. The molecule has 4 rings (SSSR count). The van der Waals surface area contributed by atoms with Crippen LogP contribution < -0.4 is 10.7 Å². The van der Waals surface area contributed by atoms with Crippen LogP contribution in [0.3, 0.4) is 0 Å². The lowest BCUT2D eigenvalue weighted by Crippen LogP contribution is -2.19. The normalized spacial score (nSPS) is 15.2. The number of nitrogens with zero attached hydrogens (tertiary/aromatic N) is 4. The fourth-order valence-corrected chi connectivity index (χ4v) is 3.34. The average Bonchev–Trinajstić information content (AvgIpc) is 3.33. The van der Waals surface area contributed by atoms with Crippen LogP contribution in [-0.4, -0.2) is 40.7 Å². The Balaban J connectivity index is 1.45. The number of ether oxygens (including phenoxy) is 2. The molecule has 1 atom stereocenters. The summed E-state index contributed by atoms with van der Waals surface area (Å²) in [6.07, 6.45) is 5.19. The molecule has 2 aromatic heterocycles. The Bertz CT molecular complexity index is 1210. The first-order valence-electron chi connectivity index (χ1n) is 10.2. The topological polar surface area (TPSA) is 119 Å².